The summed E-state index contributed by atoms with van der Waals surface area (Å²) in [4.78, 5) is 29.3. The van der Waals surface area contributed by atoms with Crippen molar-refractivity contribution in [2.75, 3.05) is 11.9 Å². The zero-order chi connectivity index (χ0) is 32.8. The number of imide groups is 1. The number of carbonyl (C=O) groups excluding carboxylic acids is 2. The molecule has 1 fully saturated rings. The minimum absolute atomic E-state index is 0.0544. The molecule has 1 heterocycles. The second-order valence-electron chi connectivity index (χ2n) is 12.7. The number of anilines is 1. The number of rotatable bonds is 12. The maximum absolute atomic E-state index is 14.8. The molecule has 1 aliphatic rings. The van der Waals surface area contributed by atoms with Gasteiger partial charge in [-0.05, 0) is 92.5 Å². The number of hydrogen-bond donors (Lipinski definition) is 1. The van der Waals surface area contributed by atoms with E-state index in [1.165, 1.54) is 29.2 Å². The van der Waals surface area contributed by atoms with Gasteiger partial charge in [-0.25, -0.2) is 18.5 Å². The van der Waals surface area contributed by atoms with Gasteiger partial charge in [0, 0.05) is 5.69 Å². The Bertz CT molecular complexity index is 1610. The molecule has 46 heavy (non-hydrogen) atoms. The van der Waals surface area contributed by atoms with E-state index in [4.69, 9.17) is 9.16 Å². The van der Waals surface area contributed by atoms with Gasteiger partial charge in [-0.2, -0.15) is 0 Å². The molecule has 4 atom stereocenters. The van der Waals surface area contributed by atoms with E-state index in [-0.39, 0.29) is 24.1 Å². The van der Waals surface area contributed by atoms with Gasteiger partial charge in [0.2, 0.25) is 5.91 Å². The summed E-state index contributed by atoms with van der Waals surface area (Å²) < 4.78 is 39.8. The predicted octanol–water partition coefficient (Wildman–Crippen LogP) is 9.14. The standard InChI is InChI=1S/C37H40F2N2O4Si/c1-25-10-12-28(13-11-25)35(40-31-20-18-30(39)19-21-31)32(22-23-34(45-46(2,3)4)27-14-16-29(38)17-15-27)36(42)41-33(24-44-37(41)43)26-8-6-5-7-9-26/h5-21,32-35,40H,22-24H2,1-4H3/t32-,33-,34+,35-/m1/s1. The highest BCUT2D eigenvalue weighted by atomic mass is 28.4. The van der Waals surface area contributed by atoms with Gasteiger partial charge < -0.3 is 14.5 Å². The first-order valence-corrected chi connectivity index (χ1v) is 19.0. The van der Waals surface area contributed by atoms with Crippen LogP contribution in [0.3, 0.4) is 0 Å². The predicted molar refractivity (Wildman–Crippen MR) is 178 cm³/mol. The van der Waals surface area contributed by atoms with Crippen LogP contribution in [0.1, 0.15) is 53.3 Å². The molecule has 1 aliphatic heterocycles. The highest BCUT2D eigenvalue weighted by Gasteiger charge is 2.44. The average Bonchev–Trinajstić information content (AvgIpc) is 3.42. The van der Waals surface area contributed by atoms with Crippen LogP contribution >= 0.6 is 0 Å². The lowest BCUT2D eigenvalue weighted by Gasteiger charge is -2.34. The van der Waals surface area contributed by atoms with Crippen molar-refractivity contribution in [1.29, 1.82) is 0 Å². The van der Waals surface area contributed by atoms with Crippen LogP contribution in [0.5, 0.6) is 0 Å². The Morgan fingerprint density at radius 3 is 2.07 bits per heavy atom. The molecule has 1 N–H and O–H groups in total. The van der Waals surface area contributed by atoms with Crippen LogP contribution in [0.15, 0.2) is 103 Å². The van der Waals surface area contributed by atoms with E-state index in [1.807, 2.05) is 61.5 Å². The smallest absolute Gasteiger partial charge is 0.417 e. The number of nitrogens with zero attached hydrogens (tertiary/aromatic N) is 1. The molecule has 0 spiro atoms. The minimum atomic E-state index is -2.09. The average molecular weight is 643 g/mol. The molecule has 5 rings (SSSR count). The molecular formula is C37H40F2N2O4Si. The summed E-state index contributed by atoms with van der Waals surface area (Å²) in [7, 11) is -2.09. The number of benzene rings is 4. The van der Waals surface area contributed by atoms with Gasteiger partial charge in [-0.3, -0.25) is 4.79 Å². The van der Waals surface area contributed by atoms with Gasteiger partial charge in [-0.15, -0.1) is 0 Å². The lowest BCUT2D eigenvalue weighted by Crippen LogP contribution is -2.42. The summed E-state index contributed by atoms with van der Waals surface area (Å²) in [5, 5.41) is 3.49. The monoisotopic (exact) mass is 642 g/mol. The molecule has 4 aromatic rings. The van der Waals surface area contributed by atoms with Crippen molar-refractivity contribution < 1.29 is 27.5 Å². The first-order chi connectivity index (χ1) is 22.0. The van der Waals surface area contributed by atoms with Gasteiger partial charge in [-0.1, -0.05) is 72.3 Å². The Balaban J connectivity index is 1.57. The Morgan fingerprint density at radius 2 is 1.46 bits per heavy atom. The highest BCUT2D eigenvalue weighted by Crippen LogP contribution is 2.39. The Morgan fingerprint density at radius 1 is 0.870 bits per heavy atom. The maximum atomic E-state index is 14.8. The van der Waals surface area contributed by atoms with Crippen molar-refractivity contribution in [3.8, 4) is 0 Å². The lowest BCUT2D eigenvalue weighted by atomic mass is 9.85. The van der Waals surface area contributed by atoms with Gasteiger partial charge in [0.1, 0.15) is 24.3 Å². The van der Waals surface area contributed by atoms with E-state index < -0.39 is 38.5 Å². The molecule has 0 saturated carbocycles. The summed E-state index contributed by atoms with van der Waals surface area (Å²) in [5.74, 6) is -1.87. The van der Waals surface area contributed by atoms with Crippen LogP contribution < -0.4 is 5.32 Å². The Labute approximate surface area is 270 Å². The van der Waals surface area contributed by atoms with E-state index in [2.05, 4.69) is 25.0 Å². The van der Waals surface area contributed by atoms with Crippen LogP contribution in [0.25, 0.3) is 0 Å². The van der Waals surface area contributed by atoms with Crippen molar-refractivity contribution in [1.82, 2.24) is 4.90 Å². The molecule has 0 aliphatic carbocycles. The quantitative estimate of drug-likeness (QED) is 0.156. The number of ether oxygens (including phenoxy) is 1. The van der Waals surface area contributed by atoms with Crippen LogP contribution in [-0.4, -0.2) is 31.8 Å². The summed E-state index contributed by atoms with van der Waals surface area (Å²) in [5.41, 5.74) is 4.13. The van der Waals surface area contributed by atoms with Gasteiger partial charge >= 0.3 is 6.09 Å². The second kappa shape index (κ2) is 14.4. The largest absolute Gasteiger partial charge is 0.446 e. The first kappa shape index (κ1) is 33.0. The van der Waals surface area contributed by atoms with Crippen molar-refractivity contribution in [2.24, 2.45) is 5.92 Å². The number of halogens is 2. The summed E-state index contributed by atoms with van der Waals surface area (Å²) >= 11 is 0. The van der Waals surface area contributed by atoms with Crippen LogP contribution in [0, 0.1) is 24.5 Å². The summed E-state index contributed by atoms with van der Waals surface area (Å²) in [6.45, 7) is 8.30. The number of aryl methyl sites for hydroxylation is 1. The molecule has 1 saturated heterocycles. The summed E-state index contributed by atoms with van der Waals surface area (Å²) in [6.07, 6.45) is -0.341. The molecule has 0 unspecified atom stereocenters. The van der Waals surface area contributed by atoms with Crippen LogP contribution in [-0.2, 0) is 14.0 Å². The molecule has 9 heteroatoms. The lowest BCUT2D eigenvalue weighted by molar-refractivity contribution is -0.134. The number of cyclic esters (lactones) is 1. The summed E-state index contributed by atoms with van der Waals surface area (Å²) in [6, 6.07) is 28.3. The van der Waals surface area contributed by atoms with E-state index in [9.17, 15) is 18.4 Å². The highest BCUT2D eigenvalue weighted by molar-refractivity contribution is 6.69. The second-order valence-corrected chi connectivity index (χ2v) is 17.2. The van der Waals surface area contributed by atoms with Crippen LogP contribution in [0.2, 0.25) is 19.6 Å². The van der Waals surface area contributed by atoms with Gasteiger partial charge in [0.25, 0.3) is 0 Å². The zero-order valence-corrected chi connectivity index (χ0v) is 27.6. The fraction of sp³-hybridized carbons (Fsp3) is 0.297. The number of amides is 2. The Hall–Kier alpha value is -4.34. The van der Waals surface area contributed by atoms with Gasteiger partial charge in [0.15, 0.2) is 8.32 Å². The number of hydrogen-bond acceptors (Lipinski definition) is 5. The topological polar surface area (TPSA) is 67.9 Å². The molecular weight excluding hydrogens is 602 g/mol. The Kier molecular flexibility index (Phi) is 10.3. The van der Waals surface area contributed by atoms with Crippen LogP contribution in [0.4, 0.5) is 19.3 Å². The molecule has 0 aromatic heterocycles. The van der Waals surface area contributed by atoms with Crippen molar-refractivity contribution in [3.63, 3.8) is 0 Å². The maximum Gasteiger partial charge on any atom is 0.417 e. The number of nitrogens with one attached hydrogen (secondary N) is 1. The fourth-order valence-corrected chi connectivity index (χ4v) is 6.95. The normalized spacial score (nSPS) is 16.9. The van der Waals surface area contributed by atoms with Crippen molar-refractivity contribution in [3.05, 3.63) is 137 Å². The molecule has 4 aromatic carbocycles. The SMILES string of the molecule is Cc1ccc([C@@H](Nc2ccc(F)cc2)[C@@H](CC[C@H](O[Si](C)(C)C)c2ccc(F)cc2)C(=O)N2C(=O)OC[C@@H]2c2ccccc2)cc1. The van der Waals surface area contributed by atoms with E-state index >= 15 is 0 Å². The first-order valence-electron chi connectivity index (χ1n) is 15.6. The molecule has 2 amide bonds. The van der Waals surface area contributed by atoms with Crippen molar-refractivity contribution in [2.45, 2.75) is 57.6 Å². The molecule has 0 radical (unpaired) electrons. The molecule has 240 valence electrons. The third-order valence-corrected chi connectivity index (χ3v) is 9.09. The molecule has 6 nitrogen and oxygen atoms in total. The van der Waals surface area contributed by atoms with E-state index in [0.717, 1.165) is 22.3 Å². The van der Waals surface area contributed by atoms with Crippen molar-refractivity contribution >= 4 is 26.0 Å². The third kappa shape index (κ3) is 8.27. The third-order valence-electron chi connectivity index (χ3n) is 8.09. The minimum Gasteiger partial charge on any atom is -0.446 e. The molecule has 0 bridgehead atoms. The van der Waals surface area contributed by atoms with E-state index in [0.29, 0.717) is 18.5 Å². The van der Waals surface area contributed by atoms with Gasteiger partial charge in [0.05, 0.1) is 18.1 Å². The number of carbonyl (C=O) groups is 2. The zero-order valence-electron chi connectivity index (χ0n) is 26.6. The fourth-order valence-electron chi connectivity index (χ4n) is 5.84. The van der Waals surface area contributed by atoms with E-state index in [1.54, 1.807) is 24.3 Å².